The van der Waals surface area contributed by atoms with E-state index in [9.17, 15) is 9.59 Å². The molecule has 2 heterocycles. The Balaban J connectivity index is 1.39. The van der Waals surface area contributed by atoms with Crippen molar-refractivity contribution in [3.8, 4) is 5.69 Å². The average Bonchev–Trinajstić information content (AvgIpc) is 3.56. The highest BCUT2D eigenvalue weighted by molar-refractivity contribution is 5.82. The third kappa shape index (κ3) is 4.07. The summed E-state index contributed by atoms with van der Waals surface area (Å²) >= 11 is 0. The van der Waals surface area contributed by atoms with Gasteiger partial charge in [-0.2, -0.15) is 5.10 Å². The Morgan fingerprint density at radius 3 is 2.31 bits per heavy atom. The standard InChI is InChI=1S/C23H30N4O2/c1-16-21(17(2)27(24-16)20-7-5-4-6-8-20)15-25(3)22(28)19-11-13-26(14-12-19)23(29)18-9-10-18/h4-8,18-19H,9-15H2,1-3H3. The molecule has 0 radical (unpaired) electrons. The van der Waals surface area contributed by atoms with Crippen LogP contribution in [-0.2, 0) is 16.1 Å². The van der Waals surface area contributed by atoms with Gasteiger partial charge in [0.2, 0.25) is 11.8 Å². The van der Waals surface area contributed by atoms with Crippen LogP contribution in [0.2, 0.25) is 0 Å². The van der Waals surface area contributed by atoms with E-state index in [2.05, 4.69) is 6.92 Å². The fourth-order valence-corrected chi connectivity index (χ4v) is 4.29. The quantitative estimate of drug-likeness (QED) is 0.783. The number of amides is 2. The van der Waals surface area contributed by atoms with Gasteiger partial charge in [0.05, 0.1) is 11.4 Å². The SMILES string of the molecule is Cc1nn(-c2ccccc2)c(C)c1CN(C)C(=O)C1CCN(C(=O)C2CC2)CC1. The maximum Gasteiger partial charge on any atom is 0.225 e. The van der Waals surface area contributed by atoms with Crippen molar-refractivity contribution in [2.75, 3.05) is 20.1 Å². The molecule has 2 aliphatic rings. The van der Waals surface area contributed by atoms with Crippen LogP contribution in [0.3, 0.4) is 0 Å². The second-order valence-corrected chi connectivity index (χ2v) is 8.46. The molecular weight excluding hydrogens is 364 g/mol. The number of para-hydroxylation sites is 1. The fourth-order valence-electron chi connectivity index (χ4n) is 4.29. The van der Waals surface area contributed by atoms with E-state index in [1.165, 1.54) is 0 Å². The van der Waals surface area contributed by atoms with E-state index in [1.54, 1.807) is 0 Å². The van der Waals surface area contributed by atoms with Crippen molar-refractivity contribution in [2.24, 2.45) is 11.8 Å². The van der Waals surface area contributed by atoms with Crippen molar-refractivity contribution in [3.05, 3.63) is 47.3 Å². The van der Waals surface area contributed by atoms with Crippen molar-refractivity contribution < 1.29 is 9.59 Å². The monoisotopic (exact) mass is 394 g/mol. The lowest BCUT2D eigenvalue weighted by Gasteiger charge is -2.33. The number of aromatic nitrogens is 2. The molecule has 2 fully saturated rings. The minimum absolute atomic E-state index is 0.00744. The lowest BCUT2D eigenvalue weighted by atomic mass is 9.95. The summed E-state index contributed by atoms with van der Waals surface area (Å²) in [4.78, 5) is 29.0. The summed E-state index contributed by atoms with van der Waals surface area (Å²) in [6.07, 6.45) is 3.61. The predicted octanol–water partition coefficient (Wildman–Crippen LogP) is 3.10. The van der Waals surface area contributed by atoms with Crippen LogP contribution >= 0.6 is 0 Å². The number of benzene rings is 1. The normalized spacial score (nSPS) is 17.4. The number of piperidine rings is 1. The molecule has 2 amide bonds. The number of nitrogens with zero attached hydrogens (tertiary/aromatic N) is 4. The Bertz CT molecular complexity index is 893. The van der Waals surface area contributed by atoms with E-state index in [0.29, 0.717) is 25.5 Å². The molecule has 1 aliphatic heterocycles. The average molecular weight is 395 g/mol. The molecule has 1 aromatic heterocycles. The topological polar surface area (TPSA) is 58.4 Å². The Morgan fingerprint density at radius 1 is 1.03 bits per heavy atom. The summed E-state index contributed by atoms with van der Waals surface area (Å²) in [5, 5.41) is 4.69. The van der Waals surface area contributed by atoms with E-state index in [1.807, 2.05) is 58.8 Å². The zero-order valence-electron chi connectivity index (χ0n) is 17.6. The first-order valence-electron chi connectivity index (χ1n) is 10.6. The summed E-state index contributed by atoms with van der Waals surface area (Å²) < 4.78 is 1.95. The molecule has 0 N–H and O–H groups in total. The minimum Gasteiger partial charge on any atom is -0.342 e. The Kier molecular flexibility index (Phi) is 5.43. The highest BCUT2D eigenvalue weighted by Crippen LogP contribution is 2.32. The number of hydrogen-bond acceptors (Lipinski definition) is 3. The zero-order chi connectivity index (χ0) is 20.5. The first kappa shape index (κ1) is 19.7. The first-order chi connectivity index (χ1) is 14.0. The summed E-state index contributed by atoms with van der Waals surface area (Å²) in [7, 11) is 1.88. The second kappa shape index (κ2) is 8.01. The van der Waals surface area contributed by atoms with Gasteiger partial charge in [0, 0.05) is 49.8 Å². The number of carbonyl (C=O) groups is 2. The van der Waals surface area contributed by atoms with Crippen molar-refractivity contribution in [2.45, 2.75) is 46.1 Å². The van der Waals surface area contributed by atoms with Gasteiger partial charge in [-0.1, -0.05) is 18.2 Å². The van der Waals surface area contributed by atoms with Crippen LogP contribution in [0.25, 0.3) is 5.69 Å². The smallest absolute Gasteiger partial charge is 0.225 e. The summed E-state index contributed by atoms with van der Waals surface area (Å²) in [5.74, 6) is 0.740. The van der Waals surface area contributed by atoms with E-state index < -0.39 is 0 Å². The molecule has 1 aromatic carbocycles. The Labute approximate surface area is 172 Å². The van der Waals surface area contributed by atoms with Crippen molar-refractivity contribution in [3.63, 3.8) is 0 Å². The van der Waals surface area contributed by atoms with Crippen LogP contribution < -0.4 is 0 Å². The van der Waals surface area contributed by atoms with Crippen LogP contribution in [0.4, 0.5) is 0 Å². The molecular formula is C23H30N4O2. The van der Waals surface area contributed by atoms with Gasteiger partial charge >= 0.3 is 0 Å². The largest absolute Gasteiger partial charge is 0.342 e. The molecule has 0 spiro atoms. The van der Waals surface area contributed by atoms with E-state index in [-0.39, 0.29) is 17.7 Å². The van der Waals surface area contributed by atoms with Gasteiger partial charge in [0.1, 0.15) is 0 Å². The maximum atomic E-state index is 13.0. The third-order valence-electron chi connectivity index (χ3n) is 6.30. The molecule has 154 valence electrons. The van der Waals surface area contributed by atoms with Crippen LogP contribution in [-0.4, -0.2) is 51.5 Å². The van der Waals surface area contributed by atoms with Crippen LogP contribution in [0.1, 0.15) is 42.6 Å². The van der Waals surface area contributed by atoms with Crippen LogP contribution in [0, 0.1) is 25.7 Å². The zero-order valence-corrected chi connectivity index (χ0v) is 17.6. The van der Waals surface area contributed by atoms with Gasteiger partial charge in [-0.25, -0.2) is 4.68 Å². The number of hydrogen-bond donors (Lipinski definition) is 0. The molecule has 1 saturated carbocycles. The lowest BCUT2D eigenvalue weighted by molar-refractivity contribution is -0.140. The molecule has 0 unspecified atom stereocenters. The number of rotatable bonds is 5. The molecule has 1 saturated heterocycles. The number of likely N-dealkylation sites (tertiary alicyclic amines) is 1. The fraction of sp³-hybridized carbons (Fsp3) is 0.522. The molecule has 4 rings (SSSR count). The number of carbonyl (C=O) groups excluding carboxylic acids is 2. The van der Waals surface area contributed by atoms with Crippen molar-refractivity contribution in [1.29, 1.82) is 0 Å². The van der Waals surface area contributed by atoms with Crippen molar-refractivity contribution in [1.82, 2.24) is 19.6 Å². The van der Waals surface area contributed by atoms with Gasteiger partial charge in [0.15, 0.2) is 0 Å². The summed E-state index contributed by atoms with van der Waals surface area (Å²) in [6, 6.07) is 10.1. The molecule has 6 heteroatoms. The highest BCUT2D eigenvalue weighted by Gasteiger charge is 2.36. The van der Waals surface area contributed by atoms with Gasteiger partial charge in [-0.15, -0.1) is 0 Å². The highest BCUT2D eigenvalue weighted by atomic mass is 16.2. The molecule has 0 bridgehead atoms. The van der Waals surface area contributed by atoms with Gasteiger partial charge in [-0.3, -0.25) is 9.59 Å². The predicted molar refractivity (Wildman–Crippen MR) is 112 cm³/mol. The summed E-state index contributed by atoms with van der Waals surface area (Å²) in [6.45, 7) is 6.04. The van der Waals surface area contributed by atoms with Gasteiger partial charge in [-0.05, 0) is 51.7 Å². The van der Waals surface area contributed by atoms with E-state index in [0.717, 1.165) is 48.3 Å². The molecule has 2 aromatic rings. The molecule has 1 aliphatic carbocycles. The van der Waals surface area contributed by atoms with E-state index in [4.69, 9.17) is 5.10 Å². The minimum atomic E-state index is 0.00744. The Hall–Kier alpha value is -2.63. The summed E-state index contributed by atoms with van der Waals surface area (Å²) in [5.41, 5.74) is 4.15. The molecule has 0 atom stereocenters. The van der Waals surface area contributed by atoms with Gasteiger partial charge in [0.25, 0.3) is 0 Å². The van der Waals surface area contributed by atoms with Crippen LogP contribution in [0.15, 0.2) is 30.3 Å². The second-order valence-electron chi connectivity index (χ2n) is 8.46. The van der Waals surface area contributed by atoms with E-state index >= 15 is 0 Å². The third-order valence-corrected chi connectivity index (χ3v) is 6.30. The van der Waals surface area contributed by atoms with Crippen molar-refractivity contribution >= 4 is 11.8 Å². The maximum absolute atomic E-state index is 13.0. The molecule has 29 heavy (non-hydrogen) atoms. The van der Waals surface area contributed by atoms with Gasteiger partial charge < -0.3 is 9.80 Å². The van der Waals surface area contributed by atoms with Crippen LogP contribution in [0.5, 0.6) is 0 Å². The number of aryl methyl sites for hydroxylation is 1. The first-order valence-corrected chi connectivity index (χ1v) is 10.6. The molecule has 6 nitrogen and oxygen atoms in total. The lowest BCUT2D eigenvalue weighted by Crippen LogP contribution is -2.43. The Morgan fingerprint density at radius 2 is 1.69 bits per heavy atom.